The highest BCUT2D eigenvalue weighted by Crippen LogP contribution is 2.40. The van der Waals surface area contributed by atoms with Crippen molar-refractivity contribution in [3.05, 3.63) is 36.0 Å². The largest absolute Gasteiger partial charge is 0.361 e. The van der Waals surface area contributed by atoms with Crippen LogP contribution in [0.25, 0.3) is 10.9 Å². The number of rotatable bonds is 3. The Morgan fingerprint density at radius 3 is 2.88 bits per heavy atom. The summed E-state index contributed by atoms with van der Waals surface area (Å²) in [6.07, 6.45) is 4.16. The third kappa shape index (κ3) is 2.07. The fourth-order valence-electron chi connectivity index (χ4n) is 4.34. The fraction of sp³-hybridized carbons (Fsp3) is 0.474. The molecule has 3 heterocycles. The van der Waals surface area contributed by atoms with Gasteiger partial charge in [0.25, 0.3) is 5.91 Å². The van der Waals surface area contributed by atoms with Crippen LogP contribution >= 0.6 is 0 Å². The molecule has 2 amide bonds. The van der Waals surface area contributed by atoms with E-state index in [4.69, 9.17) is 0 Å². The van der Waals surface area contributed by atoms with Crippen molar-refractivity contribution in [2.75, 3.05) is 6.54 Å². The van der Waals surface area contributed by atoms with Crippen molar-refractivity contribution in [3.8, 4) is 0 Å². The first kappa shape index (κ1) is 15.2. The SMILES string of the molecule is CC(C)CC1(c2c[nH]c3ccccc23)NC(=O)C2CCCN2C1=O. The van der Waals surface area contributed by atoms with Gasteiger partial charge in [-0.3, -0.25) is 9.59 Å². The number of benzene rings is 1. The zero-order valence-corrected chi connectivity index (χ0v) is 14.1. The molecule has 2 N–H and O–H groups in total. The summed E-state index contributed by atoms with van der Waals surface area (Å²) in [6.45, 7) is 4.86. The van der Waals surface area contributed by atoms with Crippen LogP contribution in [0.5, 0.6) is 0 Å². The number of fused-ring (bicyclic) bond motifs is 2. The molecule has 0 spiro atoms. The molecule has 0 aliphatic carbocycles. The molecule has 4 rings (SSSR count). The summed E-state index contributed by atoms with van der Waals surface area (Å²) < 4.78 is 0. The minimum Gasteiger partial charge on any atom is -0.361 e. The standard InChI is InChI=1S/C19H23N3O2/c1-12(2)10-19(14-11-20-15-7-4-3-6-13(14)15)18(24)22-9-5-8-16(22)17(23)21-19/h3-4,6-7,11-12,16,20H,5,8-10H2,1-2H3,(H,21,23). The number of nitrogens with zero attached hydrogens (tertiary/aromatic N) is 1. The van der Waals surface area contributed by atoms with E-state index in [1.807, 2.05) is 30.5 Å². The average Bonchev–Trinajstić information content (AvgIpc) is 3.19. The third-order valence-corrected chi connectivity index (χ3v) is 5.28. The molecule has 0 bridgehead atoms. The van der Waals surface area contributed by atoms with Gasteiger partial charge in [0.1, 0.15) is 11.6 Å². The minimum atomic E-state index is -0.967. The zero-order valence-electron chi connectivity index (χ0n) is 14.1. The lowest BCUT2D eigenvalue weighted by molar-refractivity contribution is -0.154. The van der Waals surface area contributed by atoms with Crippen molar-refractivity contribution in [1.82, 2.24) is 15.2 Å². The van der Waals surface area contributed by atoms with E-state index in [1.54, 1.807) is 4.90 Å². The molecule has 2 fully saturated rings. The van der Waals surface area contributed by atoms with Gasteiger partial charge in [-0.2, -0.15) is 0 Å². The van der Waals surface area contributed by atoms with Crippen molar-refractivity contribution >= 4 is 22.7 Å². The monoisotopic (exact) mass is 325 g/mol. The molecule has 24 heavy (non-hydrogen) atoms. The van der Waals surface area contributed by atoms with Crippen molar-refractivity contribution in [2.45, 2.75) is 44.7 Å². The van der Waals surface area contributed by atoms with E-state index >= 15 is 0 Å². The summed E-state index contributed by atoms with van der Waals surface area (Å²) in [5.74, 6) is 0.308. The molecule has 2 saturated heterocycles. The number of carbonyl (C=O) groups is 2. The first-order valence-corrected chi connectivity index (χ1v) is 8.72. The highest BCUT2D eigenvalue weighted by atomic mass is 16.2. The lowest BCUT2D eigenvalue weighted by Crippen LogP contribution is -2.67. The second-order valence-electron chi connectivity index (χ2n) is 7.40. The van der Waals surface area contributed by atoms with Gasteiger partial charge in [-0.25, -0.2) is 0 Å². The Bertz CT molecular complexity index is 810. The summed E-state index contributed by atoms with van der Waals surface area (Å²) in [5.41, 5.74) is 0.905. The Kier molecular flexibility index (Phi) is 3.41. The number of carbonyl (C=O) groups excluding carboxylic acids is 2. The van der Waals surface area contributed by atoms with Gasteiger partial charge in [-0.15, -0.1) is 0 Å². The van der Waals surface area contributed by atoms with Crippen LogP contribution in [0.3, 0.4) is 0 Å². The number of hydrogen-bond acceptors (Lipinski definition) is 2. The molecule has 126 valence electrons. The van der Waals surface area contributed by atoms with Crippen LogP contribution in [-0.2, 0) is 15.1 Å². The number of piperazine rings is 1. The number of aromatic amines is 1. The predicted octanol–water partition coefficient (Wildman–Crippen LogP) is 2.53. The first-order chi connectivity index (χ1) is 11.5. The zero-order chi connectivity index (χ0) is 16.9. The Balaban J connectivity index is 1.90. The smallest absolute Gasteiger partial charge is 0.253 e. The molecule has 2 atom stereocenters. The molecule has 0 saturated carbocycles. The molecule has 5 nitrogen and oxygen atoms in total. The second kappa shape index (κ2) is 5.36. The maximum atomic E-state index is 13.4. The molecular formula is C19H23N3O2. The quantitative estimate of drug-likeness (QED) is 0.911. The Labute approximate surface area is 141 Å². The molecule has 2 aliphatic rings. The van der Waals surface area contributed by atoms with Gasteiger partial charge in [0.15, 0.2) is 0 Å². The van der Waals surface area contributed by atoms with Gasteiger partial charge in [-0.05, 0) is 31.2 Å². The van der Waals surface area contributed by atoms with Crippen LogP contribution < -0.4 is 5.32 Å². The van der Waals surface area contributed by atoms with Crippen molar-refractivity contribution < 1.29 is 9.59 Å². The Morgan fingerprint density at radius 2 is 2.08 bits per heavy atom. The Hall–Kier alpha value is -2.30. The van der Waals surface area contributed by atoms with Crippen molar-refractivity contribution in [1.29, 1.82) is 0 Å². The minimum absolute atomic E-state index is 0.0157. The molecular weight excluding hydrogens is 302 g/mol. The van der Waals surface area contributed by atoms with Gasteiger partial charge >= 0.3 is 0 Å². The van der Waals surface area contributed by atoms with E-state index in [2.05, 4.69) is 24.1 Å². The fourth-order valence-corrected chi connectivity index (χ4v) is 4.34. The maximum absolute atomic E-state index is 13.4. The summed E-state index contributed by atoms with van der Waals surface area (Å²) in [6, 6.07) is 7.66. The van der Waals surface area contributed by atoms with E-state index < -0.39 is 5.54 Å². The molecule has 0 radical (unpaired) electrons. The highest BCUT2D eigenvalue weighted by Gasteiger charge is 2.54. The van der Waals surface area contributed by atoms with Crippen molar-refractivity contribution in [2.24, 2.45) is 5.92 Å². The first-order valence-electron chi connectivity index (χ1n) is 8.72. The Morgan fingerprint density at radius 1 is 1.29 bits per heavy atom. The summed E-state index contributed by atoms with van der Waals surface area (Å²) >= 11 is 0. The van der Waals surface area contributed by atoms with Gasteiger partial charge in [0, 0.05) is 29.2 Å². The number of aromatic nitrogens is 1. The molecule has 1 aromatic carbocycles. The lowest BCUT2D eigenvalue weighted by Gasteiger charge is -2.44. The number of hydrogen-bond donors (Lipinski definition) is 2. The van der Waals surface area contributed by atoms with Gasteiger partial charge in [0.2, 0.25) is 5.91 Å². The summed E-state index contributed by atoms with van der Waals surface area (Å²) in [4.78, 5) is 31.2. The highest BCUT2D eigenvalue weighted by molar-refractivity contribution is 6.03. The predicted molar refractivity (Wildman–Crippen MR) is 92.3 cm³/mol. The number of nitrogens with one attached hydrogen (secondary N) is 2. The van der Waals surface area contributed by atoms with E-state index in [-0.39, 0.29) is 23.8 Å². The molecule has 2 aromatic rings. The van der Waals surface area contributed by atoms with Gasteiger partial charge in [-0.1, -0.05) is 32.0 Å². The van der Waals surface area contributed by atoms with Crippen LogP contribution in [0, 0.1) is 5.92 Å². The molecule has 2 aliphatic heterocycles. The summed E-state index contributed by atoms with van der Waals surface area (Å²) in [7, 11) is 0. The van der Waals surface area contributed by atoms with Crippen LogP contribution in [-0.4, -0.2) is 34.3 Å². The van der Waals surface area contributed by atoms with Crippen LogP contribution in [0.1, 0.15) is 38.7 Å². The van der Waals surface area contributed by atoms with E-state index in [9.17, 15) is 9.59 Å². The van der Waals surface area contributed by atoms with Crippen molar-refractivity contribution in [3.63, 3.8) is 0 Å². The normalized spacial score (nSPS) is 27.0. The molecule has 5 heteroatoms. The third-order valence-electron chi connectivity index (χ3n) is 5.28. The lowest BCUT2D eigenvalue weighted by atomic mass is 9.79. The van der Waals surface area contributed by atoms with Crippen LogP contribution in [0.4, 0.5) is 0 Å². The number of H-pyrrole nitrogens is 1. The second-order valence-corrected chi connectivity index (χ2v) is 7.40. The van der Waals surface area contributed by atoms with E-state index in [0.717, 1.165) is 29.3 Å². The van der Waals surface area contributed by atoms with Gasteiger partial charge in [0.05, 0.1) is 0 Å². The van der Waals surface area contributed by atoms with Gasteiger partial charge < -0.3 is 15.2 Å². The molecule has 1 aromatic heterocycles. The average molecular weight is 325 g/mol. The molecule has 2 unspecified atom stereocenters. The van der Waals surface area contributed by atoms with Crippen LogP contribution in [0.15, 0.2) is 30.5 Å². The maximum Gasteiger partial charge on any atom is 0.253 e. The van der Waals surface area contributed by atoms with E-state index in [0.29, 0.717) is 13.0 Å². The summed E-state index contributed by atoms with van der Waals surface area (Å²) in [5, 5.41) is 4.13. The van der Waals surface area contributed by atoms with Crippen LogP contribution in [0.2, 0.25) is 0 Å². The topological polar surface area (TPSA) is 65.2 Å². The number of amides is 2. The van der Waals surface area contributed by atoms with E-state index in [1.165, 1.54) is 0 Å². The number of para-hydroxylation sites is 1.